The summed E-state index contributed by atoms with van der Waals surface area (Å²) in [5.74, 6) is 0.362. The molecule has 1 aliphatic heterocycles. The smallest absolute Gasteiger partial charge is 0.242 e. The lowest BCUT2D eigenvalue weighted by Crippen LogP contribution is -2.53. The van der Waals surface area contributed by atoms with Gasteiger partial charge in [-0.25, -0.2) is 4.98 Å². The maximum atomic E-state index is 12.5. The summed E-state index contributed by atoms with van der Waals surface area (Å²) in [6, 6.07) is 8.99. The molecule has 7 nitrogen and oxygen atoms in total. The van der Waals surface area contributed by atoms with E-state index in [2.05, 4.69) is 25.4 Å². The third-order valence-electron chi connectivity index (χ3n) is 5.56. The zero-order valence-corrected chi connectivity index (χ0v) is 18.4. The Morgan fingerprint density at radius 2 is 1.83 bits per heavy atom. The standard InChI is InChI=1S/C22H28ClN5O2/c1-15-5-4-6-19(16(15)2)25-21(29)14-27-9-11-28(12-10-27)17(3)22(30)26-20-8-7-18(23)13-24-20/h4-8,13,17H,9-12,14H2,1-3H3,(H,25,29)(H,24,26,30). The summed E-state index contributed by atoms with van der Waals surface area (Å²) in [5.41, 5.74) is 3.10. The molecule has 1 aromatic carbocycles. The number of carbonyl (C=O) groups is 2. The van der Waals surface area contributed by atoms with Crippen molar-refractivity contribution in [3.63, 3.8) is 0 Å². The minimum Gasteiger partial charge on any atom is -0.325 e. The minimum atomic E-state index is -0.284. The number of hydrogen-bond acceptors (Lipinski definition) is 5. The molecule has 0 bridgehead atoms. The number of pyridine rings is 1. The van der Waals surface area contributed by atoms with Crippen LogP contribution in [0.1, 0.15) is 18.1 Å². The van der Waals surface area contributed by atoms with Gasteiger partial charge in [-0.05, 0) is 50.1 Å². The number of hydrogen-bond donors (Lipinski definition) is 2. The summed E-state index contributed by atoms with van der Waals surface area (Å²) in [4.78, 5) is 33.3. The van der Waals surface area contributed by atoms with Gasteiger partial charge in [0.15, 0.2) is 0 Å². The van der Waals surface area contributed by atoms with E-state index in [4.69, 9.17) is 11.6 Å². The molecule has 2 amide bonds. The van der Waals surface area contributed by atoms with Crippen molar-refractivity contribution in [2.75, 3.05) is 43.4 Å². The van der Waals surface area contributed by atoms with Gasteiger partial charge in [0, 0.05) is 38.1 Å². The van der Waals surface area contributed by atoms with Gasteiger partial charge in [0.25, 0.3) is 0 Å². The normalized spacial score (nSPS) is 16.1. The van der Waals surface area contributed by atoms with Crippen LogP contribution in [-0.2, 0) is 9.59 Å². The number of piperazine rings is 1. The second-order valence-corrected chi connectivity index (χ2v) is 8.07. The van der Waals surface area contributed by atoms with Crippen LogP contribution in [0.2, 0.25) is 5.02 Å². The number of nitrogens with one attached hydrogen (secondary N) is 2. The van der Waals surface area contributed by atoms with Crippen LogP contribution in [-0.4, -0.2) is 65.4 Å². The summed E-state index contributed by atoms with van der Waals surface area (Å²) in [5, 5.41) is 6.35. The van der Waals surface area contributed by atoms with Gasteiger partial charge in [0.1, 0.15) is 5.82 Å². The second-order valence-electron chi connectivity index (χ2n) is 7.63. The van der Waals surface area contributed by atoms with Crippen LogP contribution in [0, 0.1) is 13.8 Å². The minimum absolute atomic E-state index is 0.0169. The summed E-state index contributed by atoms with van der Waals surface area (Å²) in [7, 11) is 0. The van der Waals surface area contributed by atoms with Crippen LogP contribution in [0.15, 0.2) is 36.5 Å². The van der Waals surface area contributed by atoms with Crippen molar-refractivity contribution in [3.8, 4) is 0 Å². The highest BCUT2D eigenvalue weighted by molar-refractivity contribution is 6.30. The fraction of sp³-hybridized carbons (Fsp3) is 0.409. The molecule has 3 rings (SSSR count). The Labute approximate surface area is 182 Å². The molecule has 1 saturated heterocycles. The van der Waals surface area contributed by atoms with E-state index < -0.39 is 0 Å². The average Bonchev–Trinajstić information content (AvgIpc) is 2.73. The molecular weight excluding hydrogens is 402 g/mol. The zero-order valence-electron chi connectivity index (χ0n) is 17.6. The van der Waals surface area contributed by atoms with Crippen molar-refractivity contribution in [1.82, 2.24) is 14.8 Å². The topological polar surface area (TPSA) is 77.6 Å². The third-order valence-corrected chi connectivity index (χ3v) is 5.78. The number of carbonyl (C=O) groups excluding carboxylic acids is 2. The fourth-order valence-electron chi connectivity index (χ4n) is 3.43. The number of rotatable bonds is 6. The number of benzene rings is 1. The van der Waals surface area contributed by atoms with Crippen LogP contribution in [0.25, 0.3) is 0 Å². The van der Waals surface area contributed by atoms with Crippen molar-refractivity contribution in [3.05, 3.63) is 52.7 Å². The zero-order chi connectivity index (χ0) is 21.7. The monoisotopic (exact) mass is 429 g/mol. The number of anilines is 2. The molecule has 2 aromatic rings. The molecule has 2 N–H and O–H groups in total. The summed E-state index contributed by atoms with van der Waals surface area (Å²) in [6.45, 7) is 9.18. The van der Waals surface area contributed by atoms with E-state index in [1.54, 1.807) is 12.1 Å². The molecule has 2 heterocycles. The number of amides is 2. The SMILES string of the molecule is Cc1cccc(NC(=O)CN2CCN(C(C)C(=O)Nc3ccc(Cl)cn3)CC2)c1C. The summed E-state index contributed by atoms with van der Waals surface area (Å²) < 4.78 is 0. The lowest BCUT2D eigenvalue weighted by atomic mass is 10.1. The lowest BCUT2D eigenvalue weighted by molar-refractivity contribution is -0.122. The van der Waals surface area contributed by atoms with E-state index in [-0.39, 0.29) is 17.9 Å². The quantitative estimate of drug-likeness (QED) is 0.738. The Bertz CT molecular complexity index is 895. The lowest BCUT2D eigenvalue weighted by Gasteiger charge is -2.37. The van der Waals surface area contributed by atoms with Gasteiger partial charge >= 0.3 is 0 Å². The van der Waals surface area contributed by atoms with E-state index in [1.807, 2.05) is 39.0 Å². The highest BCUT2D eigenvalue weighted by Crippen LogP contribution is 2.18. The fourth-order valence-corrected chi connectivity index (χ4v) is 3.55. The molecule has 0 radical (unpaired) electrons. The maximum absolute atomic E-state index is 12.5. The third kappa shape index (κ3) is 5.78. The van der Waals surface area contributed by atoms with Gasteiger partial charge in [-0.15, -0.1) is 0 Å². The van der Waals surface area contributed by atoms with E-state index in [0.29, 0.717) is 17.4 Å². The molecule has 8 heteroatoms. The first-order chi connectivity index (χ1) is 14.3. The first kappa shape index (κ1) is 22.2. The first-order valence-electron chi connectivity index (χ1n) is 10.1. The van der Waals surface area contributed by atoms with Crippen molar-refractivity contribution < 1.29 is 9.59 Å². The van der Waals surface area contributed by atoms with E-state index >= 15 is 0 Å². The molecule has 30 heavy (non-hydrogen) atoms. The van der Waals surface area contributed by atoms with Crippen molar-refractivity contribution in [1.29, 1.82) is 0 Å². The maximum Gasteiger partial charge on any atom is 0.242 e. The average molecular weight is 430 g/mol. The van der Waals surface area contributed by atoms with Gasteiger partial charge < -0.3 is 10.6 Å². The Balaban J connectivity index is 1.45. The Morgan fingerprint density at radius 3 is 2.50 bits per heavy atom. The number of nitrogens with zero attached hydrogens (tertiary/aromatic N) is 3. The molecule has 0 spiro atoms. The van der Waals surface area contributed by atoms with Crippen molar-refractivity contribution in [2.24, 2.45) is 0 Å². The Hall–Kier alpha value is -2.48. The molecule has 1 aliphatic rings. The molecule has 1 atom stereocenters. The highest BCUT2D eigenvalue weighted by atomic mass is 35.5. The molecule has 1 fully saturated rings. The van der Waals surface area contributed by atoms with E-state index in [0.717, 1.165) is 43.0 Å². The van der Waals surface area contributed by atoms with E-state index in [9.17, 15) is 9.59 Å². The molecular formula is C22H28ClN5O2. The van der Waals surface area contributed by atoms with Crippen molar-refractivity contribution >= 4 is 34.9 Å². The van der Waals surface area contributed by atoms with Crippen LogP contribution < -0.4 is 10.6 Å². The molecule has 1 unspecified atom stereocenters. The van der Waals surface area contributed by atoms with Crippen LogP contribution in [0.3, 0.4) is 0 Å². The van der Waals surface area contributed by atoms with Gasteiger partial charge in [-0.1, -0.05) is 23.7 Å². The summed E-state index contributed by atoms with van der Waals surface area (Å²) >= 11 is 5.83. The number of halogens is 1. The van der Waals surface area contributed by atoms with Gasteiger partial charge in [0.2, 0.25) is 11.8 Å². The predicted molar refractivity (Wildman–Crippen MR) is 120 cm³/mol. The van der Waals surface area contributed by atoms with Crippen LogP contribution in [0.4, 0.5) is 11.5 Å². The van der Waals surface area contributed by atoms with Gasteiger partial charge in [-0.3, -0.25) is 19.4 Å². The molecule has 0 aliphatic carbocycles. The highest BCUT2D eigenvalue weighted by Gasteiger charge is 2.26. The number of aryl methyl sites for hydroxylation is 1. The largest absolute Gasteiger partial charge is 0.325 e. The van der Waals surface area contributed by atoms with Crippen molar-refractivity contribution in [2.45, 2.75) is 26.8 Å². The number of aromatic nitrogens is 1. The molecule has 160 valence electrons. The van der Waals surface area contributed by atoms with Gasteiger partial charge in [-0.2, -0.15) is 0 Å². The Morgan fingerprint density at radius 1 is 1.10 bits per heavy atom. The van der Waals surface area contributed by atoms with Crippen LogP contribution >= 0.6 is 11.6 Å². The molecule has 1 aromatic heterocycles. The van der Waals surface area contributed by atoms with E-state index in [1.165, 1.54) is 6.20 Å². The first-order valence-corrected chi connectivity index (χ1v) is 10.5. The predicted octanol–water partition coefficient (Wildman–Crippen LogP) is 2.94. The Kier molecular flexibility index (Phi) is 7.42. The van der Waals surface area contributed by atoms with Gasteiger partial charge in [0.05, 0.1) is 17.6 Å². The molecule has 0 saturated carbocycles. The van der Waals surface area contributed by atoms with Crippen LogP contribution in [0.5, 0.6) is 0 Å². The second kappa shape index (κ2) is 10.0. The summed E-state index contributed by atoms with van der Waals surface area (Å²) in [6.07, 6.45) is 1.50.